The highest BCUT2D eigenvalue weighted by Gasteiger charge is 2.63. The second-order valence-electron chi connectivity index (χ2n) is 4.59. The molecule has 0 aliphatic heterocycles. The third-order valence-corrected chi connectivity index (χ3v) is 3.18. The SMILES string of the molecule is CNC(=O)c1ccc(N)cc1NC1(C(F)(F)F)CC1. The molecule has 2 rings (SSSR count). The maximum Gasteiger partial charge on any atom is 0.411 e. The average molecular weight is 273 g/mol. The van der Waals surface area contributed by atoms with Gasteiger partial charge in [0.25, 0.3) is 5.91 Å². The molecule has 19 heavy (non-hydrogen) atoms. The van der Waals surface area contributed by atoms with Crippen LogP contribution in [0.2, 0.25) is 0 Å². The van der Waals surface area contributed by atoms with Crippen LogP contribution >= 0.6 is 0 Å². The molecule has 0 aromatic heterocycles. The molecule has 1 aromatic rings. The summed E-state index contributed by atoms with van der Waals surface area (Å²) < 4.78 is 38.7. The highest BCUT2D eigenvalue weighted by molar-refractivity contribution is 6.00. The van der Waals surface area contributed by atoms with Crippen molar-refractivity contribution >= 4 is 17.3 Å². The molecular weight excluding hydrogens is 259 g/mol. The predicted molar refractivity (Wildman–Crippen MR) is 65.9 cm³/mol. The van der Waals surface area contributed by atoms with E-state index in [1.807, 2.05) is 0 Å². The molecule has 0 atom stereocenters. The average Bonchev–Trinajstić information content (AvgIpc) is 3.08. The second kappa shape index (κ2) is 4.32. The number of benzene rings is 1. The molecule has 0 saturated heterocycles. The van der Waals surface area contributed by atoms with Gasteiger partial charge in [-0.1, -0.05) is 0 Å². The molecule has 4 N–H and O–H groups in total. The lowest BCUT2D eigenvalue weighted by atomic mass is 10.1. The van der Waals surface area contributed by atoms with Gasteiger partial charge in [-0.15, -0.1) is 0 Å². The van der Waals surface area contributed by atoms with Gasteiger partial charge in [-0.05, 0) is 31.0 Å². The molecule has 0 radical (unpaired) electrons. The van der Waals surface area contributed by atoms with Gasteiger partial charge in [0.15, 0.2) is 0 Å². The van der Waals surface area contributed by atoms with Crippen LogP contribution in [-0.4, -0.2) is 24.7 Å². The molecule has 104 valence electrons. The number of amides is 1. The van der Waals surface area contributed by atoms with E-state index >= 15 is 0 Å². The van der Waals surface area contributed by atoms with Gasteiger partial charge < -0.3 is 16.4 Å². The summed E-state index contributed by atoms with van der Waals surface area (Å²) in [4.78, 5) is 11.6. The lowest BCUT2D eigenvalue weighted by Gasteiger charge is -2.23. The fraction of sp³-hybridized carbons (Fsp3) is 0.417. The molecule has 0 spiro atoms. The van der Waals surface area contributed by atoms with Crippen molar-refractivity contribution in [3.63, 3.8) is 0 Å². The van der Waals surface area contributed by atoms with E-state index in [2.05, 4.69) is 10.6 Å². The molecule has 7 heteroatoms. The lowest BCUT2D eigenvalue weighted by Crippen LogP contribution is -2.39. The number of halogens is 3. The van der Waals surface area contributed by atoms with E-state index in [0.717, 1.165) is 0 Å². The molecule has 1 aromatic carbocycles. The van der Waals surface area contributed by atoms with Crippen LogP contribution in [0.3, 0.4) is 0 Å². The summed E-state index contributed by atoms with van der Waals surface area (Å²) in [5, 5.41) is 4.81. The van der Waals surface area contributed by atoms with E-state index in [4.69, 9.17) is 5.73 Å². The number of hydrogen-bond acceptors (Lipinski definition) is 3. The van der Waals surface area contributed by atoms with Crippen molar-refractivity contribution in [2.45, 2.75) is 24.6 Å². The smallest absolute Gasteiger partial charge is 0.399 e. The minimum atomic E-state index is -4.35. The van der Waals surface area contributed by atoms with Crippen molar-refractivity contribution in [1.29, 1.82) is 0 Å². The van der Waals surface area contributed by atoms with Gasteiger partial charge in [-0.25, -0.2) is 0 Å². The summed E-state index contributed by atoms with van der Waals surface area (Å²) in [6.45, 7) is 0. The normalized spacial score (nSPS) is 16.8. The van der Waals surface area contributed by atoms with Crippen molar-refractivity contribution in [3.8, 4) is 0 Å². The molecule has 0 unspecified atom stereocenters. The monoisotopic (exact) mass is 273 g/mol. The highest BCUT2D eigenvalue weighted by Crippen LogP contribution is 2.51. The zero-order chi connectivity index (χ0) is 14.3. The standard InChI is InChI=1S/C12H14F3N3O/c1-17-10(19)8-3-2-7(16)6-9(8)18-11(4-5-11)12(13,14)15/h2-3,6,18H,4-5,16H2,1H3,(H,17,19). The van der Waals surface area contributed by atoms with E-state index in [1.54, 1.807) is 0 Å². The number of rotatable bonds is 3. The Balaban J connectivity index is 2.35. The van der Waals surface area contributed by atoms with Gasteiger partial charge in [0.2, 0.25) is 0 Å². The lowest BCUT2D eigenvalue weighted by molar-refractivity contribution is -0.151. The van der Waals surface area contributed by atoms with Gasteiger partial charge in [0.05, 0.1) is 5.56 Å². The minimum Gasteiger partial charge on any atom is -0.399 e. The maximum absolute atomic E-state index is 12.9. The van der Waals surface area contributed by atoms with Gasteiger partial charge in [-0.3, -0.25) is 4.79 Å². The fourth-order valence-electron chi connectivity index (χ4n) is 1.86. The second-order valence-corrected chi connectivity index (χ2v) is 4.59. The first-order valence-electron chi connectivity index (χ1n) is 5.75. The largest absolute Gasteiger partial charge is 0.411 e. The first-order chi connectivity index (χ1) is 8.79. The van der Waals surface area contributed by atoms with E-state index in [9.17, 15) is 18.0 Å². The summed E-state index contributed by atoms with van der Waals surface area (Å²) in [6.07, 6.45) is -4.35. The topological polar surface area (TPSA) is 67.2 Å². The molecule has 1 aliphatic rings. The van der Waals surface area contributed by atoms with Crippen LogP contribution in [0.4, 0.5) is 24.5 Å². The summed E-state index contributed by atoms with van der Waals surface area (Å²) in [7, 11) is 1.42. The van der Waals surface area contributed by atoms with Gasteiger partial charge in [0.1, 0.15) is 5.54 Å². The summed E-state index contributed by atoms with van der Waals surface area (Å²) in [5.41, 5.74) is 4.19. The number of nitrogen functional groups attached to an aromatic ring is 1. The van der Waals surface area contributed by atoms with Crippen LogP contribution in [0.1, 0.15) is 23.2 Å². The summed E-state index contributed by atoms with van der Waals surface area (Å²) in [5.74, 6) is -0.458. The van der Waals surface area contributed by atoms with E-state index < -0.39 is 17.6 Å². The number of carbonyl (C=O) groups excluding carboxylic acids is 1. The maximum atomic E-state index is 12.9. The first-order valence-corrected chi connectivity index (χ1v) is 5.75. The minimum absolute atomic E-state index is 0.00150. The Bertz CT molecular complexity index is 509. The van der Waals surface area contributed by atoms with Crippen molar-refractivity contribution in [2.75, 3.05) is 18.1 Å². The molecule has 0 bridgehead atoms. The van der Waals surface area contributed by atoms with Crippen LogP contribution in [0.15, 0.2) is 18.2 Å². The third kappa shape index (κ3) is 2.45. The molecule has 4 nitrogen and oxygen atoms in total. The quantitative estimate of drug-likeness (QED) is 0.739. The molecule has 0 heterocycles. The Morgan fingerprint density at radius 2 is 2.00 bits per heavy atom. The Kier molecular flexibility index (Phi) is 3.07. The molecule has 1 amide bonds. The number of anilines is 2. The molecule has 1 fully saturated rings. The van der Waals surface area contributed by atoms with Crippen LogP contribution in [0.25, 0.3) is 0 Å². The third-order valence-electron chi connectivity index (χ3n) is 3.18. The Morgan fingerprint density at radius 3 is 2.47 bits per heavy atom. The number of carbonyl (C=O) groups is 1. The van der Waals surface area contributed by atoms with Crippen LogP contribution in [0, 0.1) is 0 Å². The van der Waals surface area contributed by atoms with Gasteiger partial charge >= 0.3 is 6.18 Å². The zero-order valence-corrected chi connectivity index (χ0v) is 10.3. The van der Waals surface area contributed by atoms with E-state index in [-0.39, 0.29) is 24.1 Å². The van der Waals surface area contributed by atoms with Crippen LogP contribution < -0.4 is 16.4 Å². The van der Waals surface area contributed by atoms with Crippen LogP contribution in [-0.2, 0) is 0 Å². The summed E-state index contributed by atoms with van der Waals surface area (Å²) in [6, 6.07) is 4.22. The Hall–Kier alpha value is -1.92. The first kappa shape index (κ1) is 13.5. The number of nitrogens with one attached hydrogen (secondary N) is 2. The van der Waals surface area contributed by atoms with Gasteiger partial charge in [-0.2, -0.15) is 13.2 Å². The highest BCUT2D eigenvalue weighted by atomic mass is 19.4. The van der Waals surface area contributed by atoms with Crippen molar-refractivity contribution in [2.24, 2.45) is 0 Å². The molecule has 1 aliphatic carbocycles. The van der Waals surface area contributed by atoms with Crippen LogP contribution in [0.5, 0.6) is 0 Å². The Morgan fingerprint density at radius 1 is 1.37 bits per heavy atom. The Labute approximate surface area is 108 Å². The summed E-state index contributed by atoms with van der Waals surface area (Å²) >= 11 is 0. The zero-order valence-electron chi connectivity index (χ0n) is 10.3. The van der Waals surface area contributed by atoms with Crippen molar-refractivity contribution in [3.05, 3.63) is 23.8 Å². The van der Waals surface area contributed by atoms with Crippen molar-refractivity contribution in [1.82, 2.24) is 5.32 Å². The molecule has 1 saturated carbocycles. The van der Waals surface area contributed by atoms with E-state index in [1.165, 1.54) is 25.2 Å². The van der Waals surface area contributed by atoms with Crippen molar-refractivity contribution < 1.29 is 18.0 Å². The molecular formula is C12H14F3N3O. The number of hydrogen-bond donors (Lipinski definition) is 3. The number of alkyl halides is 3. The fourth-order valence-corrected chi connectivity index (χ4v) is 1.86. The number of nitrogens with two attached hydrogens (primary N) is 1. The van der Waals surface area contributed by atoms with E-state index in [0.29, 0.717) is 5.69 Å². The predicted octanol–water partition coefficient (Wildman–Crippen LogP) is 2.14. The van der Waals surface area contributed by atoms with Gasteiger partial charge in [0, 0.05) is 18.4 Å².